The first kappa shape index (κ1) is 16.6. The molecule has 26 heavy (non-hydrogen) atoms. The number of likely N-dealkylation sites (tertiary alicyclic amines) is 1. The predicted molar refractivity (Wildman–Crippen MR) is 97.9 cm³/mol. The minimum Gasteiger partial charge on any atom is -0.347 e. The van der Waals surface area contributed by atoms with Gasteiger partial charge in [-0.2, -0.15) is 0 Å². The largest absolute Gasteiger partial charge is 0.347 e. The molecule has 1 saturated heterocycles. The van der Waals surface area contributed by atoms with Crippen LogP contribution in [0.3, 0.4) is 0 Å². The molecular formula is C18H22N8. The molecule has 3 aromatic rings. The van der Waals surface area contributed by atoms with Gasteiger partial charge in [0.05, 0.1) is 12.0 Å². The number of piperidine rings is 1. The Labute approximate surface area is 152 Å². The van der Waals surface area contributed by atoms with Gasteiger partial charge in [-0.3, -0.25) is 4.90 Å². The summed E-state index contributed by atoms with van der Waals surface area (Å²) in [4.78, 5) is 27.3. The average Bonchev–Trinajstić information content (AvgIpc) is 3.15. The Morgan fingerprint density at radius 3 is 2.96 bits per heavy atom. The van der Waals surface area contributed by atoms with Crippen molar-refractivity contribution < 1.29 is 0 Å². The van der Waals surface area contributed by atoms with E-state index in [0.717, 1.165) is 55.5 Å². The van der Waals surface area contributed by atoms with Crippen LogP contribution in [0.1, 0.15) is 36.0 Å². The molecule has 134 valence electrons. The van der Waals surface area contributed by atoms with Crippen molar-refractivity contribution in [3.05, 3.63) is 54.3 Å². The molecule has 0 amide bonds. The molecule has 1 aliphatic rings. The van der Waals surface area contributed by atoms with Crippen LogP contribution in [0.5, 0.6) is 0 Å². The molecule has 0 unspecified atom stereocenters. The first-order chi connectivity index (χ1) is 12.8. The first-order valence-corrected chi connectivity index (χ1v) is 8.85. The fraction of sp³-hybridized carbons (Fsp3) is 0.389. The maximum Gasteiger partial charge on any atom is 0.228 e. The Hall–Kier alpha value is -2.87. The lowest BCUT2D eigenvalue weighted by Gasteiger charge is -2.32. The fourth-order valence-electron chi connectivity index (χ4n) is 3.39. The van der Waals surface area contributed by atoms with E-state index in [1.807, 2.05) is 19.2 Å². The summed E-state index contributed by atoms with van der Waals surface area (Å²) in [5.74, 6) is 2.43. The van der Waals surface area contributed by atoms with Gasteiger partial charge in [0.1, 0.15) is 11.6 Å². The Kier molecular flexibility index (Phi) is 4.83. The van der Waals surface area contributed by atoms with Gasteiger partial charge in [-0.1, -0.05) is 0 Å². The summed E-state index contributed by atoms with van der Waals surface area (Å²) in [7, 11) is 0. The molecule has 8 nitrogen and oxygen atoms in total. The normalized spacial score (nSPS) is 18.0. The maximum absolute atomic E-state index is 4.69. The fourth-order valence-corrected chi connectivity index (χ4v) is 3.39. The third kappa shape index (κ3) is 4.02. The zero-order chi connectivity index (χ0) is 17.8. The van der Waals surface area contributed by atoms with Crippen molar-refractivity contribution in [3.63, 3.8) is 0 Å². The molecule has 0 radical (unpaired) electrons. The van der Waals surface area contributed by atoms with Crippen molar-refractivity contribution in [3.8, 4) is 0 Å². The molecule has 1 aliphatic heterocycles. The van der Waals surface area contributed by atoms with E-state index in [1.165, 1.54) is 0 Å². The van der Waals surface area contributed by atoms with Crippen molar-refractivity contribution in [1.29, 1.82) is 0 Å². The van der Waals surface area contributed by atoms with E-state index < -0.39 is 0 Å². The average molecular weight is 350 g/mol. The Bertz CT molecular complexity index is 834. The molecule has 4 heterocycles. The summed E-state index contributed by atoms with van der Waals surface area (Å²) in [6, 6.07) is 3.81. The van der Waals surface area contributed by atoms with E-state index in [-0.39, 0.29) is 0 Å². The monoisotopic (exact) mass is 350 g/mol. The van der Waals surface area contributed by atoms with Gasteiger partial charge in [0, 0.05) is 49.4 Å². The molecule has 0 saturated carbocycles. The highest BCUT2D eigenvalue weighted by atomic mass is 15.2. The Morgan fingerprint density at radius 2 is 2.15 bits per heavy atom. The van der Waals surface area contributed by atoms with Crippen molar-refractivity contribution in [2.24, 2.45) is 0 Å². The lowest BCUT2D eigenvalue weighted by atomic mass is 9.94. The third-order valence-electron chi connectivity index (χ3n) is 4.54. The molecule has 1 fully saturated rings. The van der Waals surface area contributed by atoms with Gasteiger partial charge < -0.3 is 10.3 Å². The summed E-state index contributed by atoms with van der Waals surface area (Å²) in [5.41, 5.74) is 2.22. The van der Waals surface area contributed by atoms with E-state index in [4.69, 9.17) is 4.98 Å². The molecule has 3 aromatic heterocycles. The highest BCUT2D eigenvalue weighted by Crippen LogP contribution is 2.28. The van der Waals surface area contributed by atoms with Crippen LogP contribution in [-0.2, 0) is 6.54 Å². The number of anilines is 2. The zero-order valence-electron chi connectivity index (χ0n) is 14.8. The molecule has 8 heteroatoms. The van der Waals surface area contributed by atoms with Crippen LogP contribution in [0.25, 0.3) is 0 Å². The molecule has 2 N–H and O–H groups in total. The van der Waals surface area contributed by atoms with Crippen molar-refractivity contribution in [2.45, 2.75) is 32.2 Å². The molecule has 4 rings (SSSR count). The molecule has 0 bridgehead atoms. The van der Waals surface area contributed by atoms with Crippen LogP contribution >= 0.6 is 0 Å². The highest BCUT2D eigenvalue weighted by Gasteiger charge is 2.23. The Morgan fingerprint density at radius 1 is 1.27 bits per heavy atom. The number of rotatable bonds is 5. The lowest BCUT2D eigenvalue weighted by Crippen LogP contribution is -2.34. The van der Waals surface area contributed by atoms with Gasteiger partial charge in [0.2, 0.25) is 5.95 Å². The highest BCUT2D eigenvalue weighted by molar-refractivity contribution is 5.48. The van der Waals surface area contributed by atoms with Crippen LogP contribution in [0, 0.1) is 6.92 Å². The minimum absolute atomic E-state index is 0.394. The maximum atomic E-state index is 4.69. The molecule has 0 spiro atoms. The number of imidazole rings is 1. The van der Waals surface area contributed by atoms with Crippen LogP contribution < -0.4 is 5.32 Å². The third-order valence-corrected chi connectivity index (χ3v) is 4.54. The van der Waals surface area contributed by atoms with Gasteiger partial charge in [-0.15, -0.1) is 0 Å². The lowest BCUT2D eigenvalue weighted by molar-refractivity contribution is 0.196. The predicted octanol–water partition coefficient (Wildman–Crippen LogP) is 2.42. The van der Waals surface area contributed by atoms with Crippen LogP contribution in [-0.4, -0.2) is 47.9 Å². The summed E-state index contributed by atoms with van der Waals surface area (Å²) in [5, 5.41) is 3.17. The summed E-state index contributed by atoms with van der Waals surface area (Å²) in [6.45, 7) is 4.90. The van der Waals surface area contributed by atoms with Crippen LogP contribution in [0.15, 0.2) is 37.1 Å². The number of H-pyrrole nitrogens is 1. The summed E-state index contributed by atoms with van der Waals surface area (Å²) in [6.07, 6.45) is 9.33. The van der Waals surface area contributed by atoms with Gasteiger partial charge in [0.15, 0.2) is 0 Å². The number of aromatic nitrogens is 6. The second-order valence-corrected chi connectivity index (χ2v) is 6.57. The summed E-state index contributed by atoms with van der Waals surface area (Å²) >= 11 is 0. The SMILES string of the molecule is Cc1nc(Nc2ncccn2)cc([C@@H]2CCCN(Cc3cnc[nH]3)C2)n1. The number of aryl methyl sites for hydroxylation is 1. The van der Waals surface area contributed by atoms with Crippen molar-refractivity contribution in [2.75, 3.05) is 18.4 Å². The smallest absolute Gasteiger partial charge is 0.228 e. The summed E-state index contributed by atoms with van der Waals surface area (Å²) < 4.78 is 0. The van der Waals surface area contributed by atoms with Crippen LogP contribution in [0.4, 0.5) is 11.8 Å². The number of hydrogen-bond donors (Lipinski definition) is 2. The number of nitrogens with zero attached hydrogens (tertiary/aromatic N) is 6. The zero-order valence-corrected chi connectivity index (χ0v) is 14.8. The topological polar surface area (TPSA) is 95.5 Å². The minimum atomic E-state index is 0.394. The second-order valence-electron chi connectivity index (χ2n) is 6.57. The standard InChI is InChI=1S/C18H22N8/c1-13-23-16(8-17(24-13)25-18-20-5-3-6-21-18)14-4-2-7-26(10-14)11-15-9-19-12-22-15/h3,5-6,8-9,12,14H,2,4,7,10-11H2,1H3,(H,19,22)(H,20,21,23,24,25)/t14-/m1/s1. The number of nitrogens with one attached hydrogen (secondary N) is 2. The van der Waals surface area contributed by atoms with Gasteiger partial charge in [-0.25, -0.2) is 24.9 Å². The van der Waals surface area contributed by atoms with Crippen LogP contribution in [0.2, 0.25) is 0 Å². The first-order valence-electron chi connectivity index (χ1n) is 8.85. The molecule has 0 aromatic carbocycles. The van der Waals surface area contributed by atoms with Gasteiger partial charge in [0.25, 0.3) is 0 Å². The van der Waals surface area contributed by atoms with Gasteiger partial charge >= 0.3 is 0 Å². The van der Waals surface area contributed by atoms with E-state index in [2.05, 4.69) is 35.1 Å². The van der Waals surface area contributed by atoms with E-state index in [9.17, 15) is 0 Å². The van der Waals surface area contributed by atoms with E-state index in [0.29, 0.717) is 11.9 Å². The van der Waals surface area contributed by atoms with E-state index in [1.54, 1.807) is 24.8 Å². The van der Waals surface area contributed by atoms with Crippen molar-refractivity contribution >= 4 is 11.8 Å². The number of aromatic amines is 1. The molecule has 0 aliphatic carbocycles. The molecule has 1 atom stereocenters. The Balaban J connectivity index is 1.49. The second kappa shape index (κ2) is 7.57. The molecular weight excluding hydrogens is 328 g/mol. The quantitative estimate of drug-likeness (QED) is 0.729. The van der Waals surface area contributed by atoms with Gasteiger partial charge in [-0.05, 0) is 32.4 Å². The number of hydrogen-bond acceptors (Lipinski definition) is 7. The van der Waals surface area contributed by atoms with Crippen molar-refractivity contribution in [1.82, 2.24) is 34.8 Å². The van der Waals surface area contributed by atoms with E-state index >= 15 is 0 Å².